The van der Waals surface area contributed by atoms with Gasteiger partial charge < -0.3 is 9.73 Å². The lowest BCUT2D eigenvalue weighted by Gasteiger charge is -2.15. The van der Waals surface area contributed by atoms with Crippen LogP contribution >= 0.6 is 0 Å². The zero-order chi connectivity index (χ0) is 11.9. The van der Waals surface area contributed by atoms with Crippen LogP contribution in [-0.4, -0.2) is 23.8 Å². The molecule has 0 spiro atoms. The topological polar surface area (TPSA) is 51.0 Å². The van der Waals surface area contributed by atoms with E-state index in [0.29, 0.717) is 5.92 Å². The Balaban J connectivity index is 1.92. The standard InChI is InChI=1S/C13H23N3O/c1-14-10-9-12-15-16-13(17-12)11-7-5-3-2-4-6-8-11/h11,14H,2-10H2,1H3. The first-order valence-corrected chi connectivity index (χ1v) is 6.87. The van der Waals surface area contributed by atoms with Gasteiger partial charge in [0.2, 0.25) is 11.8 Å². The number of nitrogens with one attached hydrogen (secondary N) is 1. The molecule has 2 rings (SSSR count). The number of hydrogen-bond donors (Lipinski definition) is 1. The first-order chi connectivity index (χ1) is 8.40. The summed E-state index contributed by atoms with van der Waals surface area (Å²) in [7, 11) is 1.94. The van der Waals surface area contributed by atoms with Crippen molar-refractivity contribution < 1.29 is 4.42 Å². The molecular weight excluding hydrogens is 214 g/mol. The Labute approximate surface area is 103 Å². The predicted octanol–water partition coefficient (Wildman–Crippen LogP) is 2.66. The van der Waals surface area contributed by atoms with E-state index >= 15 is 0 Å². The van der Waals surface area contributed by atoms with Crippen LogP contribution in [0.25, 0.3) is 0 Å². The molecule has 0 aliphatic heterocycles. The number of nitrogens with zero attached hydrogens (tertiary/aromatic N) is 2. The Morgan fingerprint density at radius 1 is 1.12 bits per heavy atom. The lowest BCUT2D eigenvalue weighted by Crippen LogP contribution is -2.10. The molecule has 1 aromatic rings. The maximum Gasteiger partial charge on any atom is 0.219 e. The van der Waals surface area contributed by atoms with Gasteiger partial charge in [-0.3, -0.25) is 0 Å². The van der Waals surface area contributed by atoms with Crippen LogP contribution in [0.3, 0.4) is 0 Å². The SMILES string of the molecule is CNCCc1nnc(C2CCCCCCC2)o1. The van der Waals surface area contributed by atoms with Gasteiger partial charge in [0, 0.05) is 18.9 Å². The van der Waals surface area contributed by atoms with Gasteiger partial charge in [-0.1, -0.05) is 32.1 Å². The Morgan fingerprint density at radius 2 is 1.82 bits per heavy atom. The summed E-state index contributed by atoms with van der Waals surface area (Å²) in [5.74, 6) is 2.15. The highest BCUT2D eigenvalue weighted by Crippen LogP contribution is 2.29. The molecule has 4 heteroatoms. The van der Waals surface area contributed by atoms with Crippen molar-refractivity contribution in [3.63, 3.8) is 0 Å². The van der Waals surface area contributed by atoms with Crippen molar-refractivity contribution in [2.45, 2.75) is 57.3 Å². The average molecular weight is 237 g/mol. The fourth-order valence-electron chi connectivity index (χ4n) is 2.47. The molecule has 0 amide bonds. The minimum absolute atomic E-state index is 0.506. The molecule has 1 N–H and O–H groups in total. The van der Waals surface area contributed by atoms with Crippen molar-refractivity contribution in [2.75, 3.05) is 13.6 Å². The van der Waals surface area contributed by atoms with Crippen LogP contribution in [0.15, 0.2) is 4.42 Å². The smallest absolute Gasteiger partial charge is 0.219 e. The third-order valence-corrected chi connectivity index (χ3v) is 3.53. The molecule has 0 saturated heterocycles. The summed E-state index contributed by atoms with van der Waals surface area (Å²) in [6.45, 7) is 0.895. The van der Waals surface area contributed by atoms with Crippen molar-refractivity contribution in [1.82, 2.24) is 15.5 Å². The van der Waals surface area contributed by atoms with Gasteiger partial charge in [0.15, 0.2) is 0 Å². The molecule has 1 aromatic heterocycles. The molecular formula is C13H23N3O. The number of rotatable bonds is 4. The molecule has 1 saturated carbocycles. The van der Waals surface area contributed by atoms with E-state index in [9.17, 15) is 0 Å². The van der Waals surface area contributed by atoms with Gasteiger partial charge in [-0.25, -0.2) is 0 Å². The van der Waals surface area contributed by atoms with E-state index in [2.05, 4.69) is 15.5 Å². The minimum Gasteiger partial charge on any atom is -0.425 e. The van der Waals surface area contributed by atoms with Crippen LogP contribution in [0.5, 0.6) is 0 Å². The number of aromatic nitrogens is 2. The van der Waals surface area contributed by atoms with Crippen molar-refractivity contribution in [3.05, 3.63) is 11.8 Å². The lowest BCUT2D eigenvalue weighted by atomic mass is 9.91. The molecule has 17 heavy (non-hydrogen) atoms. The highest BCUT2D eigenvalue weighted by atomic mass is 16.4. The van der Waals surface area contributed by atoms with E-state index in [1.165, 1.54) is 44.9 Å². The van der Waals surface area contributed by atoms with Gasteiger partial charge in [-0.2, -0.15) is 0 Å². The van der Waals surface area contributed by atoms with E-state index in [1.807, 2.05) is 7.05 Å². The summed E-state index contributed by atoms with van der Waals surface area (Å²) < 4.78 is 5.76. The highest BCUT2D eigenvalue weighted by Gasteiger charge is 2.19. The molecule has 4 nitrogen and oxygen atoms in total. The Morgan fingerprint density at radius 3 is 2.53 bits per heavy atom. The quantitative estimate of drug-likeness (QED) is 0.874. The van der Waals surface area contributed by atoms with Crippen molar-refractivity contribution >= 4 is 0 Å². The summed E-state index contributed by atoms with van der Waals surface area (Å²) in [5, 5.41) is 11.4. The third kappa shape index (κ3) is 3.80. The predicted molar refractivity (Wildman–Crippen MR) is 67.0 cm³/mol. The second-order valence-corrected chi connectivity index (χ2v) is 4.93. The summed E-state index contributed by atoms with van der Waals surface area (Å²) in [6, 6.07) is 0. The molecule has 0 unspecified atom stereocenters. The molecule has 0 radical (unpaired) electrons. The van der Waals surface area contributed by atoms with Crippen LogP contribution in [0.1, 0.15) is 62.6 Å². The van der Waals surface area contributed by atoms with Crippen molar-refractivity contribution in [3.8, 4) is 0 Å². The molecule has 1 aliphatic rings. The third-order valence-electron chi connectivity index (χ3n) is 3.53. The molecule has 0 bridgehead atoms. The van der Waals surface area contributed by atoms with E-state index in [4.69, 9.17) is 4.42 Å². The fraction of sp³-hybridized carbons (Fsp3) is 0.846. The van der Waals surface area contributed by atoms with Gasteiger partial charge in [0.1, 0.15) is 0 Å². The monoisotopic (exact) mass is 237 g/mol. The average Bonchev–Trinajstić information content (AvgIpc) is 2.74. The number of likely N-dealkylation sites (N-methyl/N-ethyl adjacent to an activating group) is 1. The first kappa shape index (κ1) is 12.6. The van der Waals surface area contributed by atoms with E-state index in [0.717, 1.165) is 24.7 Å². The van der Waals surface area contributed by atoms with Gasteiger partial charge in [0.05, 0.1) is 0 Å². The van der Waals surface area contributed by atoms with E-state index in [1.54, 1.807) is 0 Å². The van der Waals surface area contributed by atoms with Gasteiger partial charge in [-0.05, 0) is 19.9 Å². The van der Waals surface area contributed by atoms with Crippen LogP contribution in [0.2, 0.25) is 0 Å². The summed E-state index contributed by atoms with van der Waals surface area (Å²) in [6.07, 6.45) is 9.98. The Hall–Kier alpha value is -0.900. The minimum atomic E-state index is 0.506. The largest absolute Gasteiger partial charge is 0.425 e. The van der Waals surface area contributed by atoms with E-state index in [-0.39, 0.29) is 0 Å². The summed E-state index contributed by atoms with van der Waals surface area (Å²) in [5.41, 5.74) is 0. The summed E-state index contributed by atoms with van der Waals surface area (Å²) >= 11 is 0. The highest BCUT2D eigenvalue weighted by molar-refractivity contribution is 4.92. The zero-order valence-corrected chi connectivity index (χ0v) is 10.7. The summed E-state index contributed by atoms with van der Waals surface area (Å²) in [4.78, 5) is 0. The molecule has 0 aromatic carbocycles. The molecule has 1 fully saturated rings. The van der Waals surface area contributed by atoms with Crippen LogP contribution < -0.4 is 5.32 Å². The Kier molecular flexibility index (Phi) is 4.98. The normalized spacial score (nSPS) is 18.9. The van der Waals surface area contributed by atoms with Crippen molar-refractivity contribution in [1.29, 1.82) is 0 Å². The van der Waals surface area contributed by atoms with Gasteiger partial charge in [0.25, 0.3) is 0 Å². The van der Waals surface area contributed by atoms with Crippen LogP contribution in [0.4, 0.5) is 0 Å². The second-order valence-electron chi connectivity index (χ2n) is 4.93. The maximum atomic E-state index is 5.76. The molecule has 0 atom stereocenters. The zero-order valence-electron chi connectivity index (χ0n) is 10.7. The van der Waals surface area contributed by atoms with E-state index < -0.39 is 0 Å². The fourth-order valence-corrected chi connectivity index (χ4v) is 2.47. The van der Waals surface area contributed by atoms with Crippen LogP contribution in [-0.2, 0) is 6.42 Å². The maximum absolute atomic E-state index is 5.76. The van der Waals surface area contributed by atoms with Crippen molar-refractivity contribution in [2.24, 2.45) is 0 Å². The molecule has 96 valence electrons. The Bertz CT molecular complexity index is 316. The first-order valence-electron chi connectivity index (χ1n) is 6.87. The van der Waals surface area contributed by atoms with Gasteiger partial charge >= 0.3 is 0 Å². The second kappa shape index (κ2) is 6.74. The lowest BCUT2D eigenvalue weighted by molar-refractivity contribution is 0.362. The number of hydrogen-bond acceptors (Lipinski definition) is 4. The molecule has 1 aliphatic carbocycles. The molecule has 1 heterocycles. The van der Waals surface area contributed by atoms with Crippen LogP contribution in [0, 0.1) is 0 Å². The van der Waals surface area contributed by atoms with Gasteiger partial charge in [-0.15, -0.1) is 10.2 Å².